The molecule has 0 aliphatic carbocycles. The summed E-state index contributed by atoms with van der Waals surface area (Å²) >= 11 is 0. The Hall–Kier alpha value is -1.90. The zero-order chi connectivity index (χ0) is 13.1. The normalized spacial score (nSPS) is 10.4. The van der Waals surface area contributed by atoms with Crippen LogP contribution in [0.3, 0.4) is 0 Å². The van der Waals surface area contributed by atoms with E-state index in [1.807, 2.05) is 6.20 Å². The second kappa shape index (κ2) is 5.17. The Morgan fingerprint density at radius 2 is 1.72 bits per heavy atom. The van der Waals surface area contributed by atoms with Crippen molar-refractivity contribution >= 4 is 5.82 Å². The minimum absolute atomic E-state index is 0.827. The molecular weight excluding hydrogens is 222 g/mol. The van der Waals surface area contributed by atoms with Crippen LogP contribution in [-0.2, 0) is 0 Å². The second-order valence-corrected chi connectivity index (χ2v) is 4.57. The number of aryl methyl sites for hydroxylation is 3. The van der Waals surface area contributed by atoms with E-state index in [-0.39, 0.29) is 0 Å². The van der Waals surface area contributed by atoms with Crippen LogP contribution in [0.15, 0.2) is 24.5 Å². The fraction of sp³-hybridized carbons (Fsp3) is 0.333. The smallest absolute Gasteiger partial charge is 0.145 e. The number of anilines is 1. The van der Waals surface area contributed by atoms with E-state index >= 15 is 0 Å². The Morgan fingerprint density at radius 1 is 1.00 bits per heavy atom. The highest BCUT2D eigenvalue weighted by atomic mass is 15.0. The summed E-state index contributed by atoms with van der Waals surface area (Å²) in [5.74, 6) is 0.827. The van der Waals surface area contributed by atoms with E-state index in [1.54, 1.807) is 6.20 Å². The number of aromatic nitrogens is 2. The van der Waals surface area contributed by atoms with Gasteiger partial charge in [0.2, 0.25) is 0 Å². The Bertz CT molecular complexity index is 562. The van der Waals surface area contributed by atoms with E-state index in [4.69, 9.17) is 0 Å². The first-order valence-corrected chi connectivity index (χ1v) is 6.26. The molecule has 0 radical (unpaired) electrons. The summed E-state index contributed by atoms with van der Waals surface area (Å²) in [5.41, 5.74) is 5.92. The van der Waals surface area contributed by atoms with Gasteiger partial charge in [-0.25, -0.2) is 4.98 Å². The summed E-state index contributed by atoms with van der Waals surface area (Å²) in [7, 11) is 0. The van der Waals surface area contributed by atoms with Gasteiger partial charge in [0, 0.05) is 12.1 Å². The van der Waals surface area contributed by atoms with Crippen molar-refractivity contribution in [3.8, 4) is 11.3 Å². The van der Waals surface area contributed by atoms with E-state index in [0.29, 0.717) is 0 Å². The highest BCUT2D eigenvalue weighted by Crippen LogP contribution is 2.25. The van der Waals surface area contributed by atoms with Crippen LogP contribution < -0.4 is 5.32 Å². The van der Waals surface area contributed by atoms with Gasteiger partial charge < -0.3 is 5.32 Å². The van der Waals surface area contributed by atoms with E-state index in [9.17, 15) is 0 Å². The molecule has 0 amide bonds. The molecule has 2 rings (SSSR count). The number of rotatable bonds is 3. The molecule has 0 bridgehead atoms. The number of benzene rings is 1. The standard InChI is InChI=1S/C15H19N3/c1-5-17-15-9-16-8-14(18-15)13-7-11(3)10(2)6-12(13)4/h6-9H,5H2,1-4H3,(H,17,18). The minimum Gasteiger partial charge on any atom is -0.369 e. The van der Waals surface area contributed by atoms with Crippen molar-refractivity contribution in [1.82, 2.24) is 9.97 Å². The first-order chi connectivity index (χ1) is 8.61. The lowest BCUT2D eigenvalue weighted by atomic mass is 9.99. The van der Waals surface area contributed by atoms with Crippen molar-refractivity contribution in [2.75, 3.05) is 11.9 Å². The maximum atomic E-state index is 4.59. The third-order valence-electron chi connectivity index (χ3n) is 3.11. The Morgan fingerprint density at radius 3 is 2.44 bits per heavy atom. The average Bonchev–Trinajstić information content (AvgIpc) is 2.34. The van der Waals surface area contributed by atoms with E-state index in [0.717, 1.165) is 23.6 Å². The SMILES string of the molecule is CCNc1cncc(-c2cc(C)c(C)cc2C)n1. The van der Waals surface area contributed by atoms with Crippen LogP contribution in [0.25, 0.3) is 11.3 Å². The summed E-state index contributed by atoms with van der Waals surface area (Å²) in [5, 5.41) is 3.19. The second-order valence-electron chi connectivity index (χ2n) is 4.57. The molecular formula is C15H19N3. The number of nitrogens with zero attached hydrogens (tertiary/aromatic N) is 2. The van der Waals surface area contributed by atoms with Crippen LogP contribution in [-0.4, -0.2) is 16.5 Å². The van der Waals surface area contributed by atoms with Gasteiger partial charge in [-0.1, -0.05) is 6.07 Å². The molecule has 1 heterocycles. The number of hydrogen-bond acceptors (Lipinski definition) is 3. The zero-order valence-electron chi connectivity index (χ0n) is 11.4. The molecule has 0 saturated carbocycles. The summed E-state index contributed by atoms with van der Waals surface area (Å²) in [6.07, 6.45) is 3.57. The maximum absolute atomic E-state index is 4.59. The number of hydrogen-bond donors (Lipinski definition) is 1. The molecule has 0 aliphatic rings. The molecule has 0 unspecified atom stereocenters. The predicted octanol–water partition coefficient (Wildman–Crippen LogP) is 3.50. The van der Waals surface area contributed by atoms with Crippen molar-refractivity contribution in [2.24, 2.45) is 0 Å². The molecule has 94 valence electrons. The van der Waals surface area contributed by atoms with Crippen LogP contribution in [0.5, 0.6) is 0 Å². The zero-order valence-corrected chi connectivity index (χ0v) is 11.4. The van der Waals surface area contributed by atoms with E-state index in [1.165, 1.54) is 16.7 Å². The first kappa shape index (κ1) is 12.6. The van der Waals surface area contributed by atoms with Gasteiger partial charge in [0.15, 0.2) is 0 Å². The molecule has 0 atom stereocenters. The Labute approximate surface area is 108 Å². The molecule has 0 aliphatic heterocycles. The van der Waals surface area contributed by atoms with Crippen molar-refractivity contribution in [3.05, 3.63) is 41.2 Å². The van der Waals surface area contributed by atoms with Gasteiger partial charge in [0.25, 0.3) is 0 Å². The summed E-state index contributed by atoms with van der Waals surface area (Å²) < 4.78 is 0. The van der Waals surface area contributed by atoms with Crippen LogP contribution in [0.2, 0.25) is 0 Å². The highest BCUT2D eigenvalue weighted by molar-refractivity contribution is 5.65. The quantitative estimate of drug-likeness (QED) is 0.893. The monoisotopic (exact) mass is 241 g/mol. The molecule has 3 heteroatoms. The van der Waals surface area contributed by atoms with E-state index in [2.05, 4.69) is 55.1 Å². The fourth-order valence-corrected chi connectivity index (χ4v) is 2.00. The molecule has 0 spiro atoms. The molecule has 0 saturated heterocycles. The van der Waals surface area contributed by atoms with Gasteiger partial charge in [-0.05, 0) is 50.5 Å². The summed E-state index contributed by atoms with van der Waals surface area (Å²) in [6.45, 7) is 9.27. The van der Waals surface area contributed by atoms with Gasteiger partial charge >= 0.3 is 0 Å². The fourth-order valence-electron chi connectivity index (χ4n) is 2.00. The lowest BCUT2D eigenvalue weighted by molar-refractivity contribution is 1.12. The molecule has 1 aromatic heterocycles. The van der Waals surface area contributed by atoms with Gasteiger partial charge in [0.1, 0.15) is 5.82 Å². The van der Waals surface area contributed by atoms with Gasteiger partial charge in [0.05, 0.1) is 18.1 Å². The summed E-state index contributed by atoms with van der Waals surface area (Å²) in [4.78, 5) is 8.84. The predicted molar refractivity (Wildman–Crippen MR) is 75.8 cm³/mol. The molecule has 1 aromatic carbocycles. The third kappa shape index (κ3) is 2.50. The van der Waals surface area contributed by atoms with Crippen LogP contribution in [0.1, 0.15) is 23.6 Å². The third-order valence-corrected chi connectivity index (χ3v) is 3.11. The van der Waals surface area contributed by atoms with Crippen molar-refractivity contribution in [1.29, 1.82) is 0 Å². The molecule has 18 heavy (non-hydrogen) atoms. The lowest BCUT2D eigenvalue weighted by Crippen LogP contribution is -2.01. The van der Waals surface area contributed by atoms with Gasteiger partial charge in [-0.2, -0.15) is 0 Å². The maximum Gasteiger partial charge on any atom is 0.145 e. The van der Waals surface area contributed by atoms with E-state index < -0.39 is 0 Å². The highest BCUT2D eigenvalue weighted by Gasteiger charge is 2.07. The topological polar surface area (TPSA) is 37.8 Å². The molecule has 0 fully saturated rings. The van der Waals surface area contributed by atoms with Crippen molar-refractivity contribution in [2.45, 2.75) is 27.7 Å². The van der Waals surface area contributed by atoms with Crippen LogP contribution >= 0.6 is 0 Å². The number of nitrogens with one attached hydrogen (secondary N) is 1. The van der Waals surface area contributed by atoms with Gasteiger partial charge in [-0.15, -0.1) is 0 Å². The van der Waals surface area contributed by atoms with Crippen LogP contribution in [0, 0.1) is 20.8 Å². The van der Waals surface area contributed by atoms with Gasteiger partial charge in [-0.3, -0.25) is 4.98 Å². The molecule has 2 aromatic rings. The van der Waals surface area contributed by atoms with Crippen molar-refractivity contribution in [3.63, 3.8) is 0 Å². The first-order valence-electron chi connectivity index (χ1n) is 6.26. The molecule has 1 N–H and O–H groups in total. The minimum atomic E-state index is 0.827. The largest absolute Gasteiger partial charge is 0.369 e. The molecule has 3 nitrogen and oxygen atoms in total. The average molecular weight is 241 g/mol. The van der Waals surface area contributed by atoms with Crippen molar-refractivity contribution < 1.29 is 0 Å². The summed E-state index contributed by atoms with van der Waals surface area (Å²) in [6, 6.07) is 4.39. The Balaban J connectivity index is 2.48. The van der Waals surface area contributed by atoms with Crippen LogP contribution in [0.4, 0.5) is 5.82 Å². The Kier molecular flexibility index (Phi) is 3.60. The lowest BCUT2D eigenvalue weighted by Gasteiger charge is -2.10.